The summed E-state index contributed by atoms with van der Waals surface area (Å²) in [5, 5.41) is 8.09. The third-order valence-corrected chi connectivity index (χ3v) is 6.40. The van der Waals surface area contributed by atoms with Crippen LogP contribution in [-0.2, 0) is 11.3 Å². The molecule has 0 aliphatic carbocycles. The SMILES string of the molecule is Cc1nc(-c2nnc3n2CC2COCC3N2C(=O)c2ccc(F)c(Cl)c2Cl)ccc1F. The summed E-state index contributed by atoms with van der Waals surface area (Å²) in [5.74, 6) is -0.481. The van der Waals surface area contributed by atoms with E-state index in [9.17, 15) is 13.6 Å². The zero-order valence-electron chi connectivity index (χ0n) is 16.1. The van der Waals surface area contributed by atoms with Crippen LogP contribution >= 0.6 is 23.2 Å². The maximum absolute atomic E-state index is 13.7. The summed E-state index contributed by atoms with van der Waals surface area (Å²) >= 11 is 12.1. The highest BCUT2D eigenvalue weighted by atomic mass is 35.5. The molecular weight excluding hydrogens is 451 g/mol. The van der Waals surface area contributed by atoms with E-state index >= 15 is 0 Å². The maximum Gasteiger partial charge on any atom is 0.256 e. The molecular formula is C20H15Cl2F2N5O2. The molecule has 0 saturated carbocycles. The van der Waals surface area contributed by atoms with Crippen molar-refractivity contribution in [2.24, 2.45) is 0 Å². The number of benzene rings is 1. The Hall–Kier alpha value is -2.62. The second-order valence-electron chi connectivity index (χ2n) is 7.40. The van der Waals surface area contributed by atoms with Gasteiger partial charge in [-0.15, -0.1) is 10.2 Å². The van der Waals surface area contributed by atoms with Gasteiger partial charge in [-0.2, -0.15) is 0 Å². The van der Waals surface area contributed by atoms with Crippen molar-refractivity contribution < 1.29 is 18.3 Å². The predicted molar refractivity (Wildman–Crippen MR) is 108 cm³/mol. The van der Waals surface area contributed by atoms with Gasteiger partial charge in [-0.05, 0) is 31.2 Å². The Morgan fingerprint density at radius 2 is 1.87 bits per heavy atom. The molecule has 2 unspecified atom stereocenters. The monoisotopic (exact) mass is 465 g/mol. The fourth-order valence-corrected chi connectivity index (χ4v) is 4.42. The van der Waals surface area contributed by atoms with Crippen LogP contribution in [-0.4, -0.2) is 49.8 Å². The lowest BCUT2D eigenvalue weighted by atomic mass is 10.0. The van der Waals surface area contributed by atoms with Gasteiger partial charge in [0.15, 0.2) is 11.6 Å². The van der Waals surface area contributed by atoms with Crippen molar-refractivity contribution in [1.29, 1.82) is 0 Å². The molecule has 3 aromatic rings. The number of hydrogen-bond donors (Lipinski definition) is 0. The van der Waals surface area contributed by atoms with Crippen LogP contribution in [0.4, 0.5) is 8.78 Å². The molecule has 2 aliphatic heterocycles. The minimum absolute atomic E-state index is 0.106. The predicted octanol–water partition coefficient (Wildman–Crippen LogP) is 3.83. The highest BCUT2D eigenvalue weighted by Crippen LogP contribution is 2.37. The molecule has 1 fully saturated rings. The summed E-state index contributed by atoms with van der Waals surface area (Å²) in [6.45, 7) is 2.43. The minimum atomic E-state index is -0.697. The zero-order valence-corrected chi connectivity index (χ0v) is 17.7. The Morgan fingerprint density at radius 1 is 1.10 bits per heavy atom. The van der Waals surface area contributed by atoms with Gasteiger partial charge in [0.2, 0.25) is 0 Å². The Labute approximate surface area is 185 Å². The van der Waals surface area contributed by atoms with Crippen molar-refractivity contribution in [2.75, 3.05) is 13.2 Å². The highest BCUT2D eigenvalue weighted by Gasteiger charge is 2.44. The number of morpholine rings is 1. The lowest BCUT2D eigenvalue weighted by Gasteiger charge is -2.45. The van der Waals surface area contributed by atoms with Gasteiger partial charge in [-0.1, -0.05) is 23.2 Å². The quantitative estimate of drug-likeness (QED) is 0.537. The van der Waals surface area contributed by atoms with E-state index in [0.29, 0.717) is 30.5 Å². The molecule has 4 heterocycles. The van der Waals surface area contributed by atoms with Crippen LogP contribution in [0.2, 0.25) is 10.0 Å². The summed E-state index contributed by atoms with van der Waals surface area (Å²) in [5.41, 5.74) is 0.854. The van der Waals surface area contributed by atoms with Gasteiger partial charge >= 0.3 is 0 Å². The van der Waals surface area contributed by atoms with Crippen molar-refractivity contribution >= 4 is 29.1 Å². The molecule has 1 aromatic carbocycles. The average Bonchev–Trinajstić information content (AvgIpc) is 3.17. The summed E-state index contributed by atoms with van der Waals surface area (Å²) in [7, 11) is 0. The lowest BCUT2D eigenvalue weighted by Crippen LogP contribution is -2.56. The molecule has 31 heavy (non-hydrogen) atoms. The van der Waals surface area contributed by atoms with Crippen molar-refractivity contribution in [3.63, 3.8) is 0 Å². The molecule has 160 valence electrons. The first-order valence-corrected chi connectivity index (χ1v) is 10.2. The van der Waals surface area contributed by atoms with Crippen LogP contribution in [0.3, 0.4) is 0 Å². The summed E-state index contributed by atoms with van der Waals surface area (Å²) in [6.07, 6.45) is 0. The van der Waals surface area contributed by atoms with Crippen molar-refractivity contribution in [1.82, 2.24) is 24.6 Å². The van der Waals surface area contributed by atoms with Gasteiger partial charge in [0.05, 0.1) is 40.6 Å². The molecule has 7 nitrogen and oxygen atoms in total. The highest BCUT2D eigenvalue weighted by molar-refractivity contribution is 6.44. The first kappa shape index (κ1) is 20.3. The molecule has 2 bridgehead atoms. The number of carbonyl (C=O) groups excluding carboxylic acids is 1. The number of amides is 1. The van der Waals surface area contributed by atoms with Crippen LogP contribution < -0.4 is 0 Å². The fourth-order valence-electron chi connectivity index (χ4n) is 4.02. The van der Waals surface area contributed by atoms with Crippen LogP contribution in [0, 0.1) is 18.6 Å². The van der Waals surface area contributed by atoms with Crippen LogP contribution in [0.5, 0.6) is 0 Å². The topological polar surface area (TPSA) is 73.1 Å². The molecule has 5 rings (SSSR count). The van der Waals surface area contributed by atoms with Gasteiger partial charge < -0.3 is 14.2 Å². The van der Waals surface area contributed by atoms with E-state index in [1.165, 1.54) is 12.1 Å². The second-order valence-corrected chi connectivity index (χ2v) is 8.15. The Balaban J connectivity index is 1.55. The van der Waals surface area contributed by atoms with Gasteiger partial charge in [-0.3, -0.25) is 4.79 Å². The molecule has 2 aliphatic rings. The number of ether oxygens (including phenoxy) is 1. The number of fused-ring (bicyclic) bond motifs is 4. The fraction of sp³-hybridized carbons (Fsp3) is 0.300. The first-order valence-electron chi connectivity index (χ1n) is 9.47. The van der Waals surface area contributed by atoms with E-state index in [1.807, 2.05) is 4.57 Å². The normalized spacial score (nSPS) is 20.0. The standard InChI is InChI=1S/C20H15Cl2F2N5O2/c1-9-12(23)4-5-14(25-9)18-26-27-19-15-8-31-7-10(6-28(18)19)29(15)20(30)11-2-3-13(24)17(22)16(11)21/h2-5,10,15H,6-8H2,1H3. The molecule has 0 radical (unpaired) electrons. The number of carbonyl (C=O) groups is 1. The van der Waals surface area contributed by atoms with Gasteiger partial charge in [0.1, 0.15) is 23.4 Å². The number of hydrogen-bond acceptors (Lipinski definition) is 5. The summed E-state index contributed by atoms with van der Waals surface area (Å²) < 4.78 is 34.9. The lowest BCUT2D eigenvalue weighted by molar-refractivity contribution is -0.0569. The summed E-state index contributed by atoms with van der Waals surface area (Å²) in [6, 6.07) is 4.45. The van der Waals surface area contributed by atoms with E-state index in [4.69, 9.17) is 27.9 Å². The Morgan fingerprint density at radius 3 is 2.65 bits per heavy atom. The molecule has 0 N–H and O–H groups in total. The Kier molecular flexibility index (Phi) is 4.91. The van der Waals surface area contributed by atoms with E-state index in [2.05, 4.69) is 15.2 Å². The third kappa shape index (κ3) is 3.19. The smallest absolute Gasteiger partial charge is 0.256 e. The number of nitrogens with zero attached hydrogens (tertiary/aromatic N) is 5. The van der Waals surface area contributed by atoms with Gasteiger partial charge in [0.25, 0.3) is 5.91 Å². The van der Waals surface area contributed by atoms with Crippen molar-refractivity contribution in [3.05, 3.63) is 63.0 Å². The van der Waals surface area contributed by atoms with Crippen LogP contribution in [0.1, 0.15) is 27.9 Å². The third-order valence-electron chi connectivity index (χ3n) is 5.54. The van der Waals surface area contributed by atoms with Gasteiger partial charge in [-0.25, -0.2) is 13.8 Å². The zero-order chi connectivity index (χ0) is 21.9. The van der Waals surface area contributed by atoms with E-state index < -0.39 is 23.6 Å². The van der Waals surface area contributed by atoms with Crippen molar-refractivity contribution in [3.8, 4) is 11.5 Å². The van der Waals surface area contributed by atoms with Gasteiger partial charge in [0, 0.05) is 6.54 Å². The molecule has 1 amide bonds. The average molecular weight is 466 g/mol. The van der Waals surface area contributed by atoms with Crippen molar-refractivity contribution in [2.45, 2.75) is 25.6 Å². The maximum atomic E-state index is 13.7. The minimum Gasteiger partial charge on any atom is -0.377 e. The number of pyridine rings is 1. The first-order chi connectivity index (χ1) is 14.9. The largest absolute Gasteiger partial charge is 0.377 e. The number of halogens is 4. The Bertz CT molecular complexity index is 1220. The summed E-state index contributed by atoms with van der Waals surface area (Å²) in [4.78, 5) is 19.3. The van der Waals surface area contributed by atoms with Crippen LogP contribution in [0.15, 0.2) is 24.3 Å². The molecule has 2 atom stereocenters. The molecule has 0 spiro atoms. The molecule has 11 heteroatoms. The van der Waals surface area contributed by atoms with E-state index in [0.717, 1.165) is 6.07 Å². The van der Waals surface area contributed by atoms with Crippen LogP contribution in [0.25, 0.3) is 11.5 Å². The van der Waals surface area contributed by atoms with E-state index in [-0.39, 0.29) is 34.0 Å². The molecule has 2 aromatic heterocycles. The second kappa shape index (κ2) is 7.51. The number of aromatic nitrogens is 4. The molecule has 1 saturated heterocycles. The van der Waals surface area contributed by atoms with E-state index in [1.54, 1.807) is 17.9 Å². The number of aryl methyl sites for hydroxylation is 1. The number of rotatable bonds is 2.